The van der Waals surface area contributed by atoms with E-state index in [1.54, 1.807) is 6.20 Å². The van der Waals surface area contributed by atoms with Crippen molar-refractivity contribution in [3.63, 3.8) is 0 Å². The number of aromatic nitrogens is 1. The van der Waals surface area contributed by atoms with Crippen molar-refractivity contribution in [2.75, 3.05) is 5.32 Å². The predicted molar refractivity (Wildman–Crippen MR) is 55.0 cm³/mol. The van der Waals surface area contributed by atoms with Crippen LogP contribution in [0.25, 0.3) is 0 Å². The molecule has 1 heterocycles. The molecule has 1 N–H and O–H groups in total. The van der Waals surface area contributed by atoms with Crippen LogP contribution in [0, 0.1) is 0 Å². The zero-order chi connectivity index (χ0) is 9.10. The fourth-order valence-corrected chi connectivity index (χ4v) is 1.64. The Bertz CT molecular complexity index is 314. The first-order chi connectivity index (χ1) is 6.34. The molecule has 0 fully saturated rings. The predicted octanol–water partition coefficient (Wildman–Crippen LogP) is 2.87. The summed E-state index contributed by atoms with van der Waals surface area (Å²) >= 11 is 5.76. The molecule has 1 aliphatic rings. The molecule has 3 heteroatoms. The van der Waals surface area contributed by atoms with Crippen molar-refractivity contribution >= 4 is 17.3 Å². The molecule has 1 aromatic heterocycles. The van der Waals surface area contributed by atoms with Gasteiger partial charge in [0, 0.05) is 17.9 Å². The molecule has 0 aliphatic heterocycles. The number of hydrogen-bond donors (Lipinski definition) is 1. The van der Waals surface area contributed by atoms with E-state index >= 15 is 0 Å². The Morgan fingerprint density at radius 1 is 1.38 bits per heavy atom. The van der Waals surface area contributed by atoms with E-state index in [0.29, 0.717) is 11.2 Å². The van der Waals surface area contributed by atoms with Gasteiger partial charge in [-0.1, -0.05) is 23.8 Å². The molecule has 2 nitrogen and oxygen atoms in total. The van der Waals surface area contributed by atoms with Crippen LogP contribution in [0.2, 0.25) is 5.15 Å². The summed E-state index contributed by atoms with van der Waals surface area (Å²) in [4.78, 5) is 3.92. The first-order valence-electron chi connectivity index (χ1n) is 4.38. The number of nitrogens with zero attached hydrogens (tertiary/aromatic N) is 1. The van der Waals surface area contributed by atoms with Crippen LogP contribution in [0.1, 0.15) is 12.8 Å². The molecule has 0 amide bonds. The first-order valence-corrected chi connectivity index (χ1v) is 4.75. The van der Waals surface area contributed by atoms with Crippen molar-refractivity contribution in [3.8, 4) is 0 Å². The molecule has 1 aliphatic carbocycles. The Labute approximate surface area is 82.6 Å². The number of pyridine rings is 1. The number of halogens is 1. The minimum absolute atomic E-state index is 0.526. The van der Waals surface area contributed by atoms with Crippen LogP contribution < -0.4 is 5.32 Å². The van der Waals surface area contributed by atoms with Gasteiger partial charge < -0.3 is 5.32 Å². The van der Waals surface area contributed by atoms with Gasteiger partial charge in [-0.15, -0.1) is 0 Å². The SMILES string of the molecule is Clc1cc(NC2CC=CC2)ccn1. The molecular weight excluding hydrogens is 184 g/mol. The summed E-state index contributed by atoms with van der Waals surface area (Å²) in [6.45, 7) is 0. The van der Waals surface area contributed by atoms with Crippen molar-refractivity contribution in [1.29, 1.82) is 0 Å². The summed E-state index contributed by atoms with van der Waals surface area (Å²) in [6.07, 6.45) is 8.30. The molecule has 0 radical (unpaired) electrons. The van der Waals surface area contributed by atoms with Crippen molar-refractivity contribution < 1.29 is 0 Å². The molecule has 68 valence electrons. The molecule has 0 saturated carbocycles. The Hall–Kier alpha value is -1.02. The van der Waals surface area contributed by atoms with E-state index in [0.717, 1.165) is 18.5 Å². The maximum absolute atomic E-state index is 5.76. The van der Waals surface area contributed by atoms with Gasteiger partial charge in [0.25, 0.3) is 0 Å². The van der Waals surface area contributed by atoms with Crippen molar-refractivity contribution in [2.24, 2.45) is 0 Å². The van der Waals surface area contributed by atoms with E-state index < -0.39 is 0 Å². The van der Waals surface area contributed by atoms with Gasteiger partial charge in [0.1, 0.15) is 5.15 Å². The van der Waals surface area contributed by atoms with Crippen molar-refractivity contribution in [2.45, 2.75) is 18.9 Å². The van der Waals surface area contributed by atoms with Crippen LogP contribution in [0.5, 0.6) is 0 Å². The van der Waals surface area contributed by atoms with Gasteiger partial charge in [-0.05, 0) is 25.0 Å². The Balaban J connectivity index is 2.01. The maximum atomic E-state index is 5.76. The lowest BCUT2D eigenvalue weighted by Gasteiger charge is -2.12. The van der Waals surface area contributed by atoms with Gasteiger partial charge in [-0.3, -0.25) is 0 Å². The normalized spacial score (nSPS) is 16.4. The summed E-state index contributed by atoms with van der Waals surface area (Å²) in [5.41, 5.74) is 1.05. The van der Waals surface area contributed by atoms with Gasteiger partial charge in [-0.25, -0.2) is 4.98 Å². The van der Waals surface area contributed by atoms with Crippen LogP contribution in [0.3, 0.4) is 0 Å². The number of anilines is 1. The van der Waals surface area contributed by atoms with E-state index in [1.165, 1.54) is 0 Å². The standard InChI is InChI=1S/C10H11ClN2/c11-10-7-9(5-6-12-10)13-8-3-1-2-4-8/h1-2,5-8H,3-4H2,(H,12,13). The Kier molecular flexibility index (Phi) is 2.50. The summed E-state index contributed by atoms with van der Waals surface area (Å²) in [5.74, 6) is 0. The highest BCUT2D eigenvalue weighted by Gasteiger charge is 2.09. The quantitative estimate of drug-likeness (QED) is 0.579. The van der Waals surface area contributed by atoms with E-state index in [2.05, 4.69) is 22.5 Å². The zero-order valence-electron chi connectivity index (χ0n) is 7.20. The van der Waals surface area contributed by atoms with E-state index in [-0.39, 0.29) is 0 Å². The lowest BCUT2D eigenvalue weighted by molar-refractivity contribution is 0.786. The minimum Gasteiger partial charge on any atom is -0.382 e. The Morgan fingerprint density at radius 2 is 2.15 bits per heavy atom. The van der Waals surface area contributed by atoms with Gasteiger partial charge in [0.15, 0.2) is 0 Å². The lowest BCUT2D eigenvalue weighted by Crippen LogP contribution is -2.14. The molecule has 0 aromatic carbocycles. The Morgan fingerprint density at radius 3 is 2.85 bits per heavy atom. The molecule has 2 rings (SSSR count). The highest BCUT2D eigenvalue weighted by atomic mass is 35.5. The molecule has 0 unspecified atom stereocenters. The van der Waals surface area contributed by atoms with E-state index in [4.69, 9.17) is 11.6 Å². The molecule has 1 aromatic rings. The van der Waals surface area contributed by atoms with Crippen LogP contribution in [0.15, 0.2) is 30.5 Å². The fraction of sp³-hybridized carbons (Fsp3) is 0.300. The average molecular weight is 195 g/mol. The smallest absolute Gasteiger partial charge is 0.131 e. The van der Waals surface area contributed by atoms with Gasteiger partial charge in [-0.2, -0.15) is 0 Å². The molecule has 0 atom stereocenters. The van der Waals surface area contributed by atoms with Gasteiger partial charge in [0.05, 0.1) is 0 Å². The topological polar surface area (TPSA) is 24.9 Å². The molecule has 0 bridgehead atoms. The largest absolute Gasteiger partial charge is 0.382 e. The van der Waals surface area contributed by atoms with Crippen LogP contribution in [-0.4, -0.2) is 11.0 Å². The molecule has 0 saturated heterocycles. The average Bonchev–Trinajstić information content (AvgIpc) is 2.57. The van der Waals surface area contributed by atoms with Gasteiger partial charge >= 0.3 is 0 Å². The second kappa shape index (κ2) is 3.79. The zero-order valence-corrected chi connectivity index (χ0v) is 7.96. The summed E-state index contributed by atoms with van der Waals surface area (Å²) < 4.78 is 0. The van der Waals surface area contributed by atoms with Crippen molar-refractivity contribution in [3.05, 3.63) is 35.6 Å². The third-order valence-corrected chi connectivity index (χ3v) is 2.31. The highest BCUT2D eigenvalue weighted by molar-refractivity contribution is 6.29. The summed E-state index contributed by atoms with van der Waals surface area (Å²) in [7, 11) is 0. The maximum Gasteiger partial charge on any atom is 0.131 e. The van der Waals surface area contributed by atoms with Crippen LogP contribution in [0.4, 0.5) is 5.69 Å². The second-order valence-corrected chi connectivity index (χ2v) is 3.54. The third-order valence-electron chi connectivity index (χ3n) is 2.11. The van der Waals surface area contributed by atoms with Crippen LogP contribution in [-0.2, 0) is 0 Å². The number of nitrogens with one attached hydrogen (secondary N) is 1. The van der Waals surface area contributed by atoms with Crippen LogP contribution >= 0.6 is 11.6 Å². The van der Waals surface area contributed by atoms with E-state index in [1.807, 2.05) is 12.1 Å². The summed E-state index contributed by atoms with van der Waals surface area (Å²) in [5, 5.41) is 3.93. The molecule has 0 spiro atoms. The first kappa shape index (κ1) is 8.57. The monoisotopic (exact) mass is 194 g/mol. The third kappa shape index (κ3) is 2.22. The van der Waals surface area contributed by atoms with Gasteiger partial charge in [0.2, 0.25) is 0 Å². The number of hydrogen-bond acceptors (Lipinski definition) is 2. The van der Waals surface area contributed by atoms with Crippen molar-refractivity contribution in [1.82, 2.24) is 4.98 Å². The number of rotatable bonds is 2. The second-order valence-electron chi connectivity index (χ2n) is 3.15. The lowest BCUT2D eigenvalue weighted by atomic mass is 10.2. The highest BCUT2D eigenvalue weighted by Crippen LogP contribution is 2.18. The molecule has 13 heavy (non-hydrogen) atoms. The fourth-order valence-electron chi connectivity index (χ4n) is 1.46. The minimum atomic E-state index is 0.526. The summed E-state index contributed by atoms with van der Waals surface area (Å²) in [6, 6.07) is 4.31. The van der Waals surface area contributed by atoms with E-state index in [9.17, 15) is 0 Å². The molecular formula is C10H11ClN2.